The predicted molar refractivity (Wildman–Crippen MR) is 191 cm³/mol. The second kappa shape index (κ2) is 12.9. The Hall–Kier alpha value is -4.25. The molecule has 2 aromatic carbocycles. The zero-order valence-electron chi connectivity index (χ0n) is 29.2. The molecule has 3 saturated heterocycles. The van der Waals surface area contributed by atoms with Gasteiger partial charge in [0.05, 0.1) is 11.6 Å². The van der Waals surface area contributed by atoms with Gasteiger partial charge in [0.15, 0.2) is 0 Å². The van der Waals surface area contributed by atoms with Crippen molar-refractivity contribution in [3.8, 4) is 0 Å². The molecule has 7 rings (SSSR count). The molecule has 1 aliphatic carbocycles. The predicted octanol–water partition coefficient (Wildman–Crippen LogP) is 3.97. The number of nitrogens with zero attached hydrogens (tertiary/aromatic N) is 5. The summed E-state index contributed by atoms with van der Waals surface area (Å²) in [6, 6.07) is 13.4. The van der Waals surface area contributed by atoms with Crippen LogP contribution in [0.25, 0.3) is 10.8 Å². The lowest BCUT2D eigenvalue weighted by Crippen LogP contribution is -2.63. The van der Waals surface area contributed by atoms with Crippen LogP contribution in [0.3, 0.4) is 0 Å². The van der Waals surface area contributed by atoms with E-state index in [1.165, 1.54) is 10.4 Å². The number of carbonyl (C=O) groups excluding carboxylic acids is 3. The Morgan fingerprint density at radius 1 is 0.857 bits per heavy atom. The number of fused-ring (bicyclic) bond motifs is 1. The molecule has 3 amide bonds. The van der Waals surface area contributed by atoms with Crippen LogP contribution in [0.15, 0.2) is 53.5 Å². The zero-order valence-corrected chi connectivity index (χ0v) is 29.2. The molecular weight excluding hydrogens is 618 g/mol. The van der Waals surface area contributed by atoms with Crippen molar-refractivity contribution in [2.24, 2.45) is 16.7 Å². The standard InChI is InChI=1S/C38H49N7O4/c1-37(2)24-38(3,4)36(37)41-33(47)26-5-7-28(8-6-26)43-15-13-25(14-16-43)23-42-17-19-44(20-18-42)29-9-10-30-27(21-29)22-39-45(35(30)49)31-11-12-32(46)40-34(31)48/h5-10,21-22,25,31,36H,11-20,23-24H2,1-4H3,(H,41,47)(H,40,46,48)/t31-/m0/s1. The highest BCUT2D eigenvalue weighted by Gasteiger charge is 2.53. The van der Waals surface area contributed by atoms with Gasteiger partial charge in [-0.1, -0.05) is 27.7 Å². The molecule has 49 heavy (non-hydrogen) atoms. The van der Waals surface area contributed by atoms with Gasteiger partial charge in [0, 0.05) is 80.6 Å². The van der Waals surface area contributed by atoms with Crippen molar-refractivity contribution in [2.45, 2.75) is 71.9 Å². The van der Waals surface area contributed by atoms with Crippen molar-refractivity contribution in [3.63, 3.8) is 0 Å². The fourth-order valence-corrected chi connectivity index (χ4v) is 9.15. The van der Waals surface area contributed by atoms with Gasteiger partial charge in [-0.05, 0) is 84.9 Å². The van der Waals surface area contributed by atoms with Crippen LogP contribution in [0.2, 0.25) is 0 Å². The van der Waals surface area contributed by atoms with Crippen LogP contribution in [-0.4, -0.2) is 84.3 Å². The number of amides is 3. The highest BCUT2D eigenvalue weighted by atomic mass is 16.2. The average Bonchev–Trinajstić information content (AvgIpc) is 3.08. The molecule has 0 spiro atoms. The number of piperazine rings is 1. The number of hydrogen-bond acceptors (Lipinski definition) is 8. The summed E-state index contributed by atoms with van der Waals surface area (Å²) in [6.45, 7) is 15.9. The number of piperidine rings is 2. The van der Waals surface area contributed by atoms with Crippen molar-refractivity contribution in [3.05, 3.63) is 64.6 Å². The summed E-state index contributed by atoms with van der Waals surface area (Å²) >= 11 is 0. The average molecular weight is 668 g/mol. The van der Waals surface area contributed by atoms with Crippen LogP contribution in [0.1, 0.15) is 76.2 Å². The number of aromatic nitrogens is 2. The van der Waals surface area contributed by atoms with Gasteiger partial charge in [-0.2, -0.15) is 5.10 Å². The van der Waals surface area contributed by atoms with Crippen molar-refractivity contribution >= 4 is 39.9 Å². The molecule has 3 aliphatic heterocycles. The monoisotopic (exact) mass is 667 g/mol. The number of rotatable bonds is 7. The first kappa shape index (κ1) is 33.3. The van der Waals surface area contributed by atoms with Crippen LogP contribution in [0.4, 0.5) is 11.4 Å². The van der Waals surface area contributed by atoms with Gasteiger partial charge in [-0.15, -0.1) is 0 Å². The minimum absolute atomic E-state index is 0.0187. The van der Waals surface area contributed by atoms with E-state index in [1.54, 1.807) is 6.20 Å². The first-order valence-corrected chi connectivity index (χ1v) is 17.9. The van der Waals surface area contributed by atoms with E-state index in [2.05, 4.69) is 70.3 Å². The summed E-state index contributed by atoms with van der Waals surface area (Å²) in [7, 11) is 0. The maximum Gasteiger partial charge on any atom is 0.275 e. The van der Waals surface area contributed by atoms with Crippen LogP contribution < -0.4 is 26.0 Å². The highest BCUT2D eigenvalue weighted by molar-refractivity contribution is 5.99. The Morgan fingerprint density at radius 3 is 2.16 bits per heavy atom. The number of anilines is 2. The SMILES string of the molecule is CC1(C)CC(C)(C)C1NC(=O)c1ccc(N2CCC(CN3CCN(c4ccc5c(=O)n([C@H]6CCC(=O)NC6=O)ncc5c4)CC3)CC2)cc1. The summed E-state index contributed by atoms with van der Waals surface area (Å²) in [5.41, 5.74) is 2.93. The fourth-order valence-electron chi connectivity index (χ4n) is 9.15. The molecule has 260 valence electrons. The van der Waals surface area contributed by atoms with Crippen molar-refractivity contribution in [1.29, 1.82) is 0 Å². The Kier molecular flexibility index (Phi) is 8.75. The first-order valence-electron chi connectivity index (χ1n) is 17.9. The van der Waals surface area contributed by atoms with Gasteiger partial charge < -0.3 is 15.1 Å². The molecule has 2 N–H and O–H groups in total. The van der Waals surface area contributed by atoms with Crippen LogP contribution in [-0.2, 0) is 9.59 Å². The normalized spacial score (nSPS) is 23.3. The summed E-state index contributed by atoms with van der Waals surface area (Å²) < 4.78 is 1.21. The number of carbonyl (C=O) groups is 3. The largest absolute Gasteiger partial charge is 0.372 e. The van der Waals surface area contributed by atoms with E-state index in [0.717, 1.165) is 81.7 Å². The van der Waals surface area contributed by atoms with Crippen LogP contribution >= 0.6 is 0 Å². The summed E-state index contributed by atoms with van der Waals surface area (Å²) in [5, 5.41) is 11.2. The topological polar surface area (TPSA) is 120 Å². The van der Waals surface area contributed by atoms with Gasteiger partial charge >= 0.3 is 0 Å². The lowest BCUT2D eigenvalue weighted by Gasteiger charge is -2.57. The van der Waals surface area contributed by atoms with E-state index in [4.69, 9.17) is 0 Å². The van der Waals surface area contributed by atoms with Crippen LogP contribution in [0.5, 0.6) is 0 Å². The molecule has 1 aromatic heterocycles. The number of hydrogen-bond donors (Lipinski definition) is 2. The van der Waals surface area contributed by atoms with Gasteiger partial charge in [0.1, 0.15) is 6.04 Å². The van der Waals surface area contributed by atoms with Crippen molar-refractivity contribution < 1.29 is 14.4 Å². The molecule has 11 nitrogen and oxygen atoms in total. The number of imide groups is 1. The Balaban J connectivity index is 0.879. The van der Waals surface area contributed by atoms with Gasteiger partial charge in [0.25, 0.3) is 17.4 Å². The quantitative estimate of drug-likeness (QED) is 0.364. The maximum atomic E-state index is 13.2. The molecule has 1 atom stereocenters. The summed E-state index contributed by atoms with van der Waals surface area (Å²) in [4.78, 5) is 57.5. The van der Waals surface area contributed by atoms with Gasteiger partial charge in [-0.25, -0.2) is 4.68 Å². The maximum absolute atomic E-state index is 13.2. The molecular formula is C38H49N7O4. The zero-order chi connectivity index (χ0) is 34.5. The molecule has 4 heterocycles. The van der Waals surface area contributed by atoms with Crippen LogP contribution in [0, 0.1) is 16.7 Å². The minimum atomic E-state index is -0.766. The van der Waals surface area contributed by atoms with E-state index in [0.29, 0.717) is 11.3 Å². The minimum Gasteiger partial charge on any atom is -0.372 e. The van der Waals surface area contributed by atoms with Crippen molar-refractivity contribution in [2.75, 3.05) is 55.6 Å². The molecule has 4 fully saturated rings. The van der Waals surface area contributed by atoms with E-state index >= 15 is 0 Å². The molecule has 11 heteroatoms. The van der Waals surface area contributed by atoms with Gasteiger partial charge in [0.2, 0.25) is 5.91 Å². The van der Waals surface area contributed by atoms with E-state index in [9.17, 15) is 19.2 Å². The lowest BCUT2D eigenvalue weighted by atomic mass is 9.52. The Bertz CT molecular complexity index is 1790. The molecule has 3 aromatic rings. The Labute approximate surface area is 288 Å². The van der Waals surface area contributed by atoms with E-state index in [-0.39, 0.29) is 47.1 Å². The molecule has 1 saturated carbocycles. The number of benzene rings is 2. The molecule has 0 unspecified atom stereocenters. The fraction of sp³-hybridized carbons (Fsp3) is 0.553. The molecule has 0 bridgehead atoms. The third-order valence-corrected chi connectivity index (χ3v) is 11.4. The number of nitrogens with one attached hydrogen (secondary N) is 2. The second-order valence-corrected chi connectivity index (χ2v) is 16.0. The van der Waals surface area contributed by atoms with Crippen molar-refractivity contribution in [1.82, 2.24) is 25.3 Å². The Morgan fingerprint density at radius 2 is 1.51 bits per heavy atom. The summed E-state index contributed by atoms with van der Waals surface area (Å²) in [6.07, 6.45) is 5.54. The third-order valence-electron chi connectivity index (χ3n) is 11.4. The highest BCUT2D eigenvalue weighted by Crippen LogP contribution is 2.53. The molecule has 4 aliphatic rings. The molecule has 0 radical (unpaired) electrons. The second-order valence-electron chi connectivity index (χ2n) is 16.0. The smallest absolute Gasteiger partial charge is 0.275 e. The summed E-state index contributed by atoms with van der Waals surface area (Å²) in [5.74, 6) is -0.108. The lowest BCUT2D eigenvalue weighted by molar-refractivity contribution is -0.136. The van der Waals surface area contributed by atoms with E-state index < -0.39 is 11.9 Å². The van der Waals surface area contributed by atoms with E-state index in [1.807, 2.05) is 30.3 Å². The van der Waals surface area contributed by atoms with Gasteiger partial charge in [-0.3, -0.25) is 29.4 Å². The third kappa shape index (κ3) is 6.69. The first-order chi connectivity index (χ1) is 23.4.